The maximum absolute atomic E-state index is 13.6. The van der Waals surface area contributed by atoms with E-state index in [2.05, 4.69) is 5.32 Å². The van der Waals surface area contributed by atoms with Crippen LogP contribution >= 0.6 is 11.6 Å². The van der Waals surface area contributed by atoms with Crippen LogP contribution in [-0.2, 0) is 0 Å². The molecule has 0 aliphatic rings. The molecule has 5 heteroatoms. The number of ether oxygens (including phenoxy) is 1. The Hall–Kier alpha value is -1.29. The molecule has 0 bridgehead atoms. The number of alkyl halides is 1. The largest absolute Gasteiger partial charge is 0.496 e. The summed E-state index contributed by atoms with van der Waals surface area (Å²) in [6.45, 7) is 3.66. The molecule has 1 aromatic carbocycles. The highest BCUT2D eigenvalue weighted by Crippen LogP contribution is 2.21. The minimum atomic E-state index is -0.599. The van der Waals surface area contributed by atoms with E-state index in [1.807, 2.05) is 13.8 Å². The fraction of sp³-hybridized carbons (Fsp3) is 0.462. The predicted molar refractivity (Wildman–Crippen MR) is 69.8 cm³/mol. The van der Waals surface area contributed by atoms with Crippen LogP contribution in [0.5, 0.6) is 5.75 Å². The van der Waals surface area contributed by atoms with Crippen molar-refractivity contribution in [3.05, 3.63) is 29.6 Å². The Morgan fingerprint density at radius 1 is 1.50 bits per heavy atom. The number of rotatable bonds is 5. The average Bonchev–Trinajstić information content (AvgIpc) is 2.26. The highest BCUT2D eigenvalue weighted by atomic mass is 35.5. The van der Waals surface area contributed by atoms with Crippen molar-refractivity contribution in [2.75, 3.05) is 7.11 Å². The van der Waals surface area contributed by atoms with Gasteiger partial charge in [-0.1, -0.05) is 6.07 Å². The molecule has 18 heavy (non-hydrogen) atoms. The lowest BCUT2D eigenvalue weighted by atomic mass is 10.1. The van der Waals surface area contributed by atoms with Crippen molar-refractivity contribution < 1.29 is 13.9 Å². The first-order valence-electron chi connectivity index (χ1n) is 5.73. The third-order valence-electron chi connectivity index (χ3n) is 2.48. The maximum atomic E-state index is 13.6. The zero-order valence-corrected chi connectivity index (χ0v) is 11.4. The molecule has 1 rings (SSSR count). The molecule has 0 aromatic heterocycles. The summed E-state index contributed by atoms with van der Waals surface area (Å²) in [7, 11) is 1.40. The molecule has 1 aromatic rings. The van der Waals surface area contributed by atoms with E-state index in [-0.39, 0.29) is 22.7 Å². The van der Waals surface area contributed by atoms with Gasteiger partial charge in [0.05, 0.1) is 7.11 Å². The molecule has 0 spiro atoms. The van der Waals surface area contributed by atoms with E-state index in [1.54, 1.807) is 6.07 Å². The molecule has 1 N–H and O–H groups in total. The van der Waals surface area contributed by atoms with Crippen LogP contribution in [0.25, 0.3) is 0 Å². The third-order valence-corrected chi connectivity index (χ3v) is 2.66. The molecule has 0 saturated heterocycles. The smallest absolute Gasteiger partial charge is 0.258 e. The monoisotopic (exact) mass is 273 g/mol. The number of benzene rings is 1. The van der Waals surface area contributed by atoms with E-state index in [4.69, 9.17) is 16.3 Å². The number of amides is 1. The summed E-state index contributed by atoms with van der Waals surface area (Å²) in [5.74, 6) is -0.869. The second-order valence-corrected chi connectivity index (χ2v) is 4.95. The summed E-state index contributed by atoms with van der Waals surface area (Å²) in [5, 5.41) is 2.65. The van der Waals surface area contributed by atoms with Crippen LogP contribution in [0, 0.1) is 5.82 Å². The lowest BCUT2D eigenvalue weighted by Gasteiger charge is -2.16. The summed E-state index contributed by atoms with van der Waals surface area (Å²) in [6, 6.07) is 4.14. The number of carbonyl (C=O) groups is 1. The molecule has 0 fully saturated rings. The minimum Gasteiger partial charge on any atom is -0.496 e. The number of carbonyl (C=O) groups excluding carboxylic acids is 1. The van der Waals surface area contributed by atoms with Gasteiger partial charge in [-0.3, -0.25) is 4.79 Å². The number of nitrogens with one attached hydrogen (secondary N) is 1. The zero-order valence-electron chi connectivity index (χ0n) is 10.7. The van der Waals surface area contributed by atoms with E-state index >= 15 is 0 Å². The first-order valence-corrected chi connectivity index (χ1v) is 6.16. The molecular formula is C13H17ClFNO2. The fourth-order valence-corrected chi connectivity index (χ4v) is 2.00. The second kappa shape index (κ2) is 6.59. The number of hydrogen-bond acceptors (Lipinski definition) is 2. The lowest BCUT2D eigenvalue weighted by molar-refractivity contribution is 0.0931. The van der Waals surface area contributed by atoms with Crippen LogP contribution in [-0.4, -0.2) is 24.4 Å². The molecule has 0 radical (unpaired) electrons. The molecule has 3 nitrogen and oxygen atoms in total. The normalized spacial score (nSPS) is 13.8. The Labute approximate surface area is 111 Å². The molecule has 2 unspecified atom stereocenters. The van der Waals surface area contributed by atoms with E-state index < -0.39 is 11.7 Å². The average molecular weight is 274 g/mol. The highest BCUT2D eigenvalue weighted by Gasteiger charge is 2.19. The van der Waals surface area contributed by atoms with Crippen LogP contribution in [0.15, 0.2) is 18.2 Å². The molecule has 0 saturated carbocycles. The number of methoxy groups -OCH3 is 1. The van der Waals surface area contributed by atoms with Gasteiger partial charge < -0.3 is 10.1 Å². The summed E-state index contributed by atoms with van der Waals surface area (Å²) in [5.41, 5.74) is -0.0749. The van der Waals surface area contributed by atoms with Crippen molar-refractivity contribution >= 4 is 17.5 Å². The molecule has 2 atom stereocenters. The molecule has 0 aliphatic carbocycles. The van der Waals surface area contributed by atoms with Crippen molar-refractivity contribution in [1.82, 2.24) is 5.32 Å². The standard InChI is InChI=1S/C13H17ClFNO2/c1-8(14)7-9(2)16-13(17)12-10(15)5-4-6-11(12)18-3/h4-6,8-9H,7H2,1-3H3,(H,16,17). The van der Waals surface area contributed by atoms with Gasteiger partial charge in [-0.2, -0.15) is 0 Å². The van der Waals surface area contributed by atoms with E-state index in [1.165, 1.54) is 19.2 Å². The second-order valence-electron chi connectivity index (χ2n) is 4.21. The lowest BCUT2D eigenvalue weighted by Crippen LogP contribution is -2.34. The molecule has 0 aliphatic heterocycles. The van der Waals surface area contributed by atoms with Gasteiger partial charge in [0.15, 0.2) is 0 Å². The van der Waals surface area contributed by atoms with Crippen molar-refractivity contribution in [3.8, 4) is 5.75 Å². The van der Waals surface area contributed by atoms with E-state index in [9.17, 15) is 9.18 Å². The van der Waals surface area contributed by atoms with Gasteiger partial charge in [-0.05, 0) is 32.4 Å². The van der Waals surface area contributed by atoms with Gasteiger partial charge in [0.1, 0.15) is 17.1 Å². The minimum absolute atomic E-state index is 0.0529. The quantitative estimate of drug-likeness (QED) is 0.838. The van der Waals surface area contributed by atoms with E-state index in [0.29, 0.717) is 6.42 Å². The predicted octanol–water partition coefficient (Wildman–Crippen LogP) is 2.97. The summed E-state index contributed by atoms with van der Waals surface area (Å²) >= 11 is 5.84. The van der Waals surface area contributed by atoms with Gasteiger partial charge >= 0.3 is 0 Å². The van der Waals surface area contributed by atoms with Crippen molar-refractivity contribution in [2.45, 2.75) is 31.7 Å². The highest BCUT2D eigenvalue weighted by molar-refractivity contribution is 6.20. The topological polar surface area (TPSA) is 38.3 Å². The molecule has 100 valence electrons. The summed E-state index contributed by atoms with van der Waals surface area (Å²) in [4.78, 5) is 12.0. The SMILES string of the molecule is COc1cccc(F)c1C(=O)NC(C)CC(C)Cl. The van der Waals surface area contributed by atoms with Crippen LogP contribution in [0.1, 0.15) is 30.6 Å². The third kappa shape index (κ3) is 3.88. The van der Waals surface area contributed by atoms with Crippen molar-refractivity contribution in [2.24, 2.45) is 0 Å². The Morgan fingerprint density at radius 2 is 2.17 bits per heavy atom. The van der Waals surface area contributed by atoms with Crippen LogP contribution in [0.2, 0.25) is 0 Å². The first-order chi connectivity index (χ1) is 8.45. The Balaban J connectivity index is 2.84. The zero-order chi connectivity index (χ0) is 13.7. The molecular weight excluding hydrogens is 257 g/mol. The van der Waals surface area contributed by atoms with Crippen LogP contribution in [0.4, 0.5) is 4.39 Å². The Kier molecular flexibility index (Phi) is 5.41. The first kappa shape index (κ1) is 14.8. The van der Waals surface area contributed by atoms with Crippen molar-refractivity contribution in [1.29, 1.82) is 0 Å². The van der Waals surface area contributed by atoms with Gasteiger partial charge in [0.25, 0.3) is 5.91 Å². The Morgan fingerprint density at radius 3 is 2.72 bits per heavy atom. The summed E-state index contributed by atoms with van der Waals surface area (Å²) < 4.78 is 18.6. The molecule has 0 heterocycles. The van der Waals surface area contributed by atoms with Crippen LogP contribution < -0.4 is 10.1 Å². The van der Waals surface area contributed by atoms with Gasteiger partial charge in [0.2, 0.25) is 0 Å². The molecule has 1 amide bonds. The Bertz CT molecular complexity index is 423. The number of hydrogen-bond donors (Lipinski definition) is 1. The fourth-order valence-electron chi connectivity index (χ4n) is 1.74. The number of halogens is 2. The maximum Gasteiger partial charge on any atom is 0.258 e. The summed E-state index contributed by atoms with van der Waals surface area (Å²) in [6.07, 6.45) is 0.615. The van der Waals surface area contributed by atoms with Crippen molar-refractivity contribution in [3.63, 3.8) is 0 Å². The van der Waals surface area contributed by atoms with Gasteiger partial charge in [-0.25, -0.2) is 4.39 Å². The van der Waals surface area contributed by atoms with E-state index in [0.717, 1.165) is 0 Å². The van der Waals surface area contributed by atoms with Gasteiger partial charge in [0, 0.05) is 11.4 Å². The van der Waals surface area contributed by atoms with Gasteiger partial charge in [-0.15, -0.1) is 11.6 Å². The van der Waals surface area contributed by atoms with Crippen LogP contribution in [0.3, 0.4) is 0 Å².